The van der Waals surface area contributed by atoms with E-state index in [4.69, 9.17) is 17.2 Å². The zero-order chi connectivity index (χ0) is 11.3. The van der Waals surface area contributed by atoms with Crippen LogP contribution in [0, 0.1) is 0 Å². The Balaban J connectivity index is 2.38. The van der Waals surface area contributed by atoms with E-state index in [0.717, 1.165) is 5.69 Å². The molecule has 0 spiro atoms. The molecule has 15 heavy (non-hydrogen) atoms. The predicted octanol–water partition coefficient (Wildman–Crippen LogP) is 0.528. The molecular formula is C10H16N4O. The second-order valence-corrected chi connectivity index (χ2v) is 3.34. The molecule has 0 aromatic heterocycles. The highest BCUT2D eigenvalue weighted by atomic mass is 16.1. The summed E-state index contributed by atoms with van der Waals surface area (Å²) < 4.78 is 0. The van der Waals surface area contributed by atoms with Crippen LogP contribution in [0.2, 0.25) is 0 Å². The number of carbonyl (C=O) groups is 1. The molecular weight excluding hydrogens is 192 g/mol. The van der Waals surface area contributed by atoms with Gasteiger partial charge in [-0.05, 0) is 24.6 Å². The molecule has 0 atom stereocenters. The average Bonchev–Trinajstić information content (AvgIpc) is 2.18. The third kappa shape index (κ3) is 3.76. The Morgan fingerprint density at radius 1 is 1.27 bits per heavy atom. The van der Waals surface area contributed by atoms with E-state index >= 15 is 0 Å². The van der Waals surface area contributed by atoms with Crippen LogP contribution in [0.25, 0.3) is 0 Å². The summed E-state index contributed by atoms with van der Waals surface area (Å²) in [6.45, 7) is 0.687. The van der Waals surface area contributed by atoms with Gasteiger partial charge < -0.3 is 22.5 Å². The van der Waals surface area contributed by atoms with E-state index in [1.54, 1.807) is 12.1 Å². The van der Waals surface area contributed by atoms with Gasteiger partial charge in [0.15, 0.2) is 0 Å². The van der Waals surface area contributed by atoms with E-state index in [-0.39, 0.29) is 5.91 Å². The van der Waals surface area contributed by atoms with Crippen LogP contribution in [0.15, 0.2) is 18.2 Å². The van der Waals surface area contributed by atoms with Crippen LogP contribution in [-0.2, 0) is 4.79 Å². The van der Waals surface area contributed by atoms with Gasteiger partial charge in [0.1, 0.15) is 0 Å². The fourth-order valence-electron chi connectivity index (χ4n) is 1.18. The van der Waals surface area contributed by atoms with E-state index in [1.165, 1.54) is 0 Å². The summed E-state index contributed by atoms with van der Waals surface area (Å²) in [6.07, 6.45) is 1.09. The largest absolute Gasteiger partial charge is 0.397 e. The van der Waals surface area contributed by atoms with Gasteiger partial charge in [0.05, 0.1) is 11.4 Å². The Morgan fingerprint density at radius 3 is 2.60 bits per heavy atom. The lowest BCUT2D eigenvalue weighted by Crippen LogP contribution is -2.12. The molecule has 1 amide bonds. The zero-order valence-electron chi connectivity index (χ0n) is 8.49. The first-order valence-corrected chi connectivity index (χ1v) is 4.77. The molecule has 0 aliphatic carbocycles. The topological polar surface area (TPSA) is 107 Å². The Morgan fingerprint density at radius 2 is 2.00 bits per heavy atom. The minimum Gasteiger partial charge on any atom is -0.397 e. The molecule has 0 radical (unpaired) electrons. The fraction of sp³-hybridized carbons (Fsp3) is 0.300. The number of anilines is 3. The number of primary amides is 1. The SMILES string of the molecule is NC(=O)CCCNc1ccc(N)c(N)c1. The number of hydrogen-bond donors (Lipinski definition) is 4. The first-order chi connectivity index (χ1) is 7.09. The van der Waals surface area contributed by atoms with Crippen molar-refractivity contribution in [2.45, 2.75) is 12.8 Å². The van der Waals surface area contributed by atoms with Crippen LogP contribution in [0.3, 0.4) is 0 Å². The van der Waals surface area contributed by atoms with Crippen molar-refractivity contribution >= 4 is 23.0 Å². The molecule has 1 aromatic carbocycles. The summed E-state index contributed by atoms with van der Waals surface area (Å²) in [5, 5.41) is 3.12. The van der Waals surface area contributed by atoms with E-state index in [9.17, 15) is 4.79 Å². The maximum Gasteiger partial charge on any atom is 0.217 e. The summed E-state index contributed by atoms with van der Waals surface area (Å²) in [4.78, 5) is 10.5. The maximum atomic E-state index is 10.5. The number of benzene rings is 1. The second-order valence-electron chi connectivity index (χ2n) is 3.34. The average molecular weight is 208 g/mol. The molecule has 7 N–H and O–H groups in total. The van der Waals surface area contributed by atoms with Gasteiger partial charge in [-0.3, -0.25) is 4.79 Å². The number of carbonyl (C=O) groups excluding carboxylic acids is 1. The van der Waals surface area contributed by atoms with Gasteiger partial charge in [0, 0.05) is 18.7 Å². The van der Waals surface area contributed by atoms with Crippen molar-refractivity contribution in [2.75, 3.05) is 23.3 Å². The molecule has 0 aliphatic rings. The lowest BCUT2D eigenvalue weighted by molar-refractivity contribution is -0.118. The first kappa shape index (κ1) is 11.2. The summed E-state index contributed by atoms with van der Waals surface area (Å²) in [5.74, 6) is -0.284. The smallest absolute Gasteiger partial charge is 0.217 e. The van der Waals surface area contributed by atoms with Crippen molar-refractivity contribution in [1.82, 2.24) is 0 Å². The van der Waals surface area contributed by atoms with Crippen LogP contribution < -0.4 is 22.5 Å². The minimum atomic E-state index is -0.284. The van der Waals surface area contributed by atoms with Crippen LogP contribution in [0.5, 0.6) is 0 Å². The molecule has 0 saturated carbocycles. The van der Waals surface area contributed by atoms with Gasteiger partial charge in [-0.25, -0.2) is 0 Å². The summed E-state index contributed by atoms with van der Waals surface area (Å²) in [5.41, 5.74) is 18.2. The summed E-state index contributed by atoms with van der Waals surface area (Å²) >= 11 is 0. The highest BCUT2D eigenvalue weighted by Crippen LogP contribution is 2.19. The Hall–Kier alpha value is -1.91. The van der Waals surface area contributed by atoms with Gasteiger partial charge in [-0.2, -0.15) is 0 Å². The van der Waals surface area contributed by atoms with Crippen LogP contribution in [-0.4, -0.2) is 12.5 Å². The highest BCUT2D eigenvalue weighted by Gasteiger charge is 1.97. The monoisotopic (exact) mass is 208 g/mol. The predicted molar refractivity (Wildman–Crippen MR) is 62.2 cm³/mol. The zero-order valence-corrected chi connectivity index (χ0v) is 8.49. The van der Waals surface area contributed by atoms with Gasteiger partial charge in [0.2, 0.25) is 5.91 Å². The van der Waals surface area contributed by atoms with Crippen molar-refractivity contribution in [2.24, 2.45) is 5.73 Å². The number of hydrogen-bond acceptors (Lipinski definition) is 4. The molecule has 0 aliphatic heterocycles. The van der Waals surface area contributed by atoms with Gasteiger partial charge in [0.25, 0.3) is 0 Å². The number of rotatable bonds is 5. The van der Waals surface area contributed by atoms with Crippen molar-refractivity contribution in [3.63, 3.8) is 0 Å². The fourth-order valence-corrected chi connectivity index (χ4v) is 1.18. The number of nitrogens with two attached hydrogens (primary N) is 3. The standard InChI is InChI=1S/C10H16N4O/c11-8-4-3-7(6-9(8)12)14-5-1-2-10(13)15/h3-4,6,14H,1-2,5,11-12H2,(H2,13,15). The summed E-state index contributed by atoms with van der Waals surface area (Å²) in [7, 11) is 0. The van der Waals surface area contributed by atoms with E-state index in [0.29, 0.717) is 30.8 Å². The van der Waals surface area contributed by atoms with Gasteiger partial charge in [-0.15, -0.1) is 0 Å². The maximum absolute atomic E-state index is 10.5. The minimum absolute atomic E-state index is 0.284. The molecule has 82 valence electrons. The molecule has 1 aromatic rings. The summed E-state index contributed by atoms with van der Waals surface area (Å²) in [6, 6.07) is 5.35. The van der Waals surface area contributed by atoms with Gasteiger partial charge >= 0.3 is 0 Å². The molecule has 1 rings (SSSR count). The van der Waals surface area contributed by atoms with Crippen molar-refractivity contribution in [3.05, 3.63) is 18.2 Å². The third-order valence-corrected chi connectivity index (χ3v) is 2.02. The third-order valence-electron chi connectivity index (χ3n) is 2.02. The molecule has 0 saturated heterocycles. The lowest BCUT2D eigenvalue weighted by atomic mass is 10.2. The molecule has 5 heteroatoms. The van der Waals surface area contributed by atoms with Crippen LogP contribution in [0.1, 0.15) is 12.8 Å². The quantitative estimate of drug-likeness (QED) is 0.418. The lowest BCUT2D eigenvalue weighted by Gasteiger charge is -2.07. The number of nitrogen functional groups attached to an aromatic ring is 2. The van der Waals surface area contributed by atoms with Gasteiger partial charge in [-0.1, -0.05) is 0 Å². The van der Waals surface area contributed by atoms with E-state index < -0.39 is 0 Å². The van der Waals surface area contributed by atoms with Crippen molar-refractivity contribution in [1.29, 1.82) is 0 Å². The molecule has 0 unspecified atom stereocenters. The first-order valence-electron chi connectivity index (χ1n) is 4.77. The van der Waals surface area contributed by atoms with E-state index in [2.05, 4.69) is 5.32 Å². The Kier molecular flexibility index (Phi) is 3.79. The normalized spacial score (nSPS) is 9.87. The van der Waals surface area contributed by atoms with E-state index in [1.807, 2.05) is 6.07 Å². The molecule has 0 heterocycles. The Labute approximate surface area is 88.6 Å². The highest BCUT2D eigenvalue weighted by molar-refractivity contribution is 5.73. The number of nitrogens with one attached hydrogen (secondary N) is 1. The molecule has 0 fully saturated rings. The van der Waals surface area contributed by atoms with Crippen LogP contribution >= 0.6 is 0 Å². The van der Waals surface area contributed by atoms with Crippen LogP contribution in [0.4, 0.5) is 17.1 Å². The van der Waals surface area contributed by atoms with Crippen molar-refractivity contribution in [3.8, 4) is 0 Å². The second kappa shape index (κ2) is 5.09. The molecule has 5 nitrogen and oxygen atoms in total. The Bertz CT molecular complexity index is 351. The number of amides is 1. The molecule has 0 bridgehead atoms. The van der Waals surface area contributed by atoms with Crippen molar-refractivity contribution < 1.29 is 4.79 Å².